The summed E-state index contributed by atoms with van der Waals surface area (Å²) in [4.78, 5) is 11.7. The van der Waals surface area contributed by atoms with Crippen LogP contribution in [0.15, 0.2) is 16.8 Å². The van der Waals surface area contributed by atoms with Crippen LogP contribution in [0, 0.1) is 6.92 Å². The van der Waals surface area contributed by atoms with Crippen molar-refractivity contribution in [2.45, 2.75) is 26.4 Å². The molecule has 1 atom stereocenters. The number of hydrogen-bond acceptors (Lipinski definition) is 6. The second kappa shape index (κ2) is 4.96. The van der Waals surface area contributed by atoms with E-state index in [0.717, 1.165) is 0 Å². The van der Waals surface area contributed by atoms with Crippen molar-refractivity contribution < 1.29 is 9.32 Å². The highest BCUT2D eigenvalue weighted by Gasteiger charge is 2.10. The lowest BCUT2D eigenvalue weighted by Crippen LogP contribution is -2.18. The summed E-state index contributed by atoms with van der Waals surface area (Å²) in [5, 5.41) is 13.9. The third-order valence-electron chi connectivity index (χ3n) is 2.22. The van der Waals surface area contributed by atoms with E-state index in [1.165, 1.54) is 4.68 Å². The summed E-state index contributed by atoms with van der Waals surface area (Å²) in [7, 11) is 0. The molecule has 0 saturated heterocycles. The molecular formula is C10H14N6O2. The lowest BCUT2D eigenvalue weighted by molar-refractivity contribution is -0.117. The summed E-state index contributed by atoms with van der Waals surface area (Å²) in [5.74, 6) is 0.0392. The number of rotatable bonds is 4. The van der Waals surface area contributed by atoms with Crippen LogP contribution in [0.2, 0.25) is 0 Å². The van der Waals surface area contributed by atoms with Gasteiger partial charge in [-0.15, -0.1) is 5.10 Å². The van der Waals surface area contributed by atoms with Crippen LogP contribution in [-0.2, 0) is 11.3 Å². The Labute approximate surface area is 103 Å². The van der Waals surface area contributed by atoms with Crippen LogP contribution in [0.1, 0.15) is 24.4 Å². The zero-order valence-corrected chi connectivity index (χ0v) is 10.1. The fourth-order valence-corrected chi connectivity index (χ4v) is 1.35. The number of hydrogen-bond donors (Lipinski definition) is 2. The number of carbonyl (C=O) groups excluding carboxylic acids is 1. The van der Waals surface area contributed by atoms with E-state index in [2.05, 4.69) is 20.8 Å². The number of nitrogens with two attached hydrogens (primary N) is 1. The van der Waals surface area contributed by atoms with Crippen molar-refractivity contribution in [1.82, 2.24) is 20.2 Å². The first-order chi connectivity index (χ1) is 8.54. The Hall–Kier alpha value is -2.22. The molecule has 2 aromatic rings. The van der Waals surface area contributed by atoms with Crippen LogP contribution >= 0.6 is 0 Å². The van der Waals surface area contributed by atoms with E-state index < -0.39 is 0 Å². The van der Waals surface area contributed by atoms with Crippen LogP contribution in [0.5, 0.6) is 0 Å². The second-order valence-electron chi connectivity index (χ2n) is 4.01. The second-order valence-corrected chi connectivity index (χ2v) is 4.01. The number of carbonyl (C=O) groups is 1. The highest BCUT2D eigenvalue weighted by Crippen LogP contribution is 2.08. The van der Waals surface area contributed by atoms with Gasteiger partial charge in [0.15, 0.2) is 0 Å². The number of aryl methyl sites for hydroxylation is 1. The van der Waals surface area contributed by atoms with Gasteiger partial charge in [-0.3, -0.25) is 10.1 Å². The van der Waals surface area contributed by atoms with Crippen molar-refractivity contribution in [3.63, 3.8) is 0 Å². The minimum Gasteiger partial charge on any atom is -0.338 e. The largest absolute Gasteiger partial charge is 0.338 e. The first kappa shape index (κ1) is 12.2. The standard InChI is InChI=1S/C10H14N6O2/c1-6-3-10(18-14-6)12-9(17)5-16-4-8(7(2)11)13-15-16/h3-4,7H,5,11H2,1-2H3,(H,12,17). The molecule has 2 aromatic heterocycles. The highest BCUT2D eigenvalue weighted by molar-refractivity contribution is 5.89. The molecule has 3 N–H and O–H groups in total. The number of anilines is 1. The molecule has 0 bridgehead atoms. The zero-order chi connectivity index (χ0) is 13.1. The summed E-state index contributed by atoms with van der Waals surface area (Å²) in [5.41, 5.74) is 6.98. The molecule has 8 heteroatoms. The van der Waals surface area contributed by atoms with Gasteiger partial charge in [-0.25, -0.2) is 4.68 Å². The van der Waals surface area contributed by atoms with Crippen molar-refractivity contribution >= 4 is 11.8 Å². The molecule has 2 heterocycles. The third kappa shape index (κ3) is 2.92. The molecule has 18 heavy (non-hydrogen) atoms. The van der Waals surface area contributed by atoms with Gasteiger partial charge >= 0.3 is 0 Å². The van der Waals surface area contributed by atoms with Gasteiger partial charge in [0, 0.05) is 12.1 Å². The quantitative estimate of drug-likeness (QED) is 0.803. The maximum Gasteiger partial charge on any atom is 0.248 e. The Morgan fingerprint density at radius 2 is 2.44 bits per heavy atom. The summed E-state index contributed by atoms with van der Waals surface area (Å²) in [6.07, 6.45) is 1.63. The molecule has 8 nitrogen and oxygen atoms in total. The lowest BCUT2D eigenvalue weighted by Gasteiger charge is -2.00. The van der Waals surface area contributed by atoms with E-state index in [4.69, 9.17) is 10.3 Å². The normalized spacial score (nSPS) is 12.4. The number of nitrogens with zero attached hydrogens (tertiary/aromatic N) is 4. The molecule has 0 radical (unpaired) electrons. The predicted octanol–water partition coefficient (Wildman–Crippen LogP) is 0.233. The van der Waals surface area contributed by atoms with Gasteiger partial charge < -0.3 is 10.3 Å². The minimum atomic E-state index is -0.271. The number of aromatic nitrogens is 4. The Balaban J connectivity index is 1.94. The van der Waals surface area contributed by atoms with Crippen molar-refractivity contribution in [2.24, 2.45) is 5.73 Å². The van der Waals surface area contributed by atoms with Gasteiger partial charge in [0.2, 0.25) is 11.8 Å². The molecule has 0 aliphatic rings. The van der Waals surface area contributed by atoms with Crippen molar-refractivity contribution in [3.05, 3.63) is 23.7 Å². The monoisotopic (exact) mass is 250 g/mol. The van der Waals surface area contributed by atoms with E-state index in [1.807, 2.05) is 0 Å². The molecule has 0 aliphatic carbocycles. The number of amides is 1. The van der Waals surface area contributed by atoms with Crippen LogP contribution in [0.3, 0.4) is 0 Å². The molecule has 0 spiro atoms. The predicted molar refractivity (Wildman–Crippen MR) is 62.5 cm³/mol. The van der Waals surface area contributed by atoms with E-state index in [-0.39, 0.29) is 18.5 Å². The van der Waals surface area contributed by atoms with Crippen molar-refractivity contribution in [3.8, 4) is 0 Å². The Kier molecular flexibility index (Phi) is 3.38. The fourth-order valence-electron chi connectivity index (χ4n) is 1.35. The van der Waals surface area contributed by atoms with Crippen molar-refractivity contribution in [1.29, 1.82) is 0 Å². The smallest absolute Gasteiger partial charge is 0.248 e. The molecule has 0 aromatic carbocycles. The maximum atomic E-state index is 11.7. The van der Waals surface area contributed by atoms with Gasteiger partial charge in [-0.1, -0.05) is 10.4 Å². The van der Waals surface area contributed by atoms with E-state index in [9.17, 15) is 4.79 Å². The van der Waals surface area contributed by atoms with Crippen LogP contribution in [0.25, 0.3) is 0 Å². The molecule has 0 saturated carbocycles. The molecule has 1 amide bonds. The first-order valence-electron chi connectivity index (χ1n) is 5.43. The number of nitrogens with one attached hydrogen (secondary N) is 1. The van der Waals surface area contributed by atoms with Crippen molar-refractivity contribution in [2.75, 3.05) is 5.32 Å². The SMILES string of the molecule is Cc1cc(NC(=O)Cn2cc(C(C)N)nn2)on1. The zero-order valence-electron chi connectivity index (χ0n) is 10.1. The summed E-state index contributed by atoms with van der Waals surface area (Å²) in [6, 6.07) is 1.42. The van der Waals surface area contributed by atoms with Gasteiger partial charge in [0.25, 0.3) is 0 Å². The van der Waals surface area contributed by atoms with E-state index >= 15 is 0 Å². The Morgan fingerprint density at radius 1 is 1.67 bits per heavy atom. The molecule has 0 aliphatic heterocycles. The average Bonchev–Trinajstić information content (AvgIpc) is 2.88. The molecule has 1 unspecified atom stereocenters. The lowest BCUT2D eigenvalue weighted by atomic mass is 10.3. The van der Waals surface area contributed by atoms with E-state index in [0.29, 0.717) is 17.3 Å². The third-order valence-corrected chi connectivity index (χ3v) is 2.22. The molecule has 96 valence electrons. The summed E-state index contributed by atoms with van der Waals surface area (Å²) < 4.78 is 6.28. The topological polar surface area (TPSA) is 112 Å². The Bertz CT molecular complexity index is 544. The minimum absolute atomic E-state index is 0.0411. The molecule has 2 rings (SSSR count). The van der Waals surface area contributed by atoms with Crippen LogP contribution < -0.4 is 11.1 Å². The van der Waals surface area contributed by atoms with E-state index in [1.54, 1.807) is 26.1 Å². The Morgan fingerprint density at radius 3 is 3.00 bits per heavy atom. The average molecular weight is 250 g/mol. The van der Waals surface area contributed by atoms with Gasteiger partial charge in [0.1, 0.15) is 6.54 Å². The first-order valence-corrected chi connectivity index (χ1v) is 5.43. The fraction of sp³-hybridized carbons (Fsp3) is 0.400. The maximum absolute atomic E-state index is 11.7. The molecule has 0 fully saturated rings. The summed E-state index contributed by atoms with van der Waals surface area (Å²) in [6.45, 7) is 3.61. The van der Waals surface area contributed by atoms with Gasteiger partial charge in [0.05, 0.1) is 17.6 Å². The highest BCUT2D eigenvalue weighted by atomic mass is 16.5. The van der Waals surface area contributed by atoms with Gasteiger partial charge in [-0.05, 0) is 13.8 Å². The summed E-state index contributed by atoms with van der Waals surface area (Å²) >= 11 is 0. The van der Waals surface area contributed by atoms with Crippen LogP contribution in [0.4, 0.5) is 5.88 Å². The molecular weight excluding hydrogens is 236 g/mol. The van der Waals surface area contributed by atoms with Gasteiger partial charge in [-0.2, -0.15) is 0 Å². The van der Waals surface area contributed by atoms with Crippen LogP contribution in [-0.4, -0.2) is 26.1 Å².